The molecule has 0 saturated heterocycles. The highest BCUT2D eigenvalue weighted by molar-refractivity contribution is 7.89. The summed E-state index contributed by atoms with van der Waals surface area (Å²) in [5.74, 6) is -2.61. The van der Waals surface area contributed by atoms with E-state index in [1.807, 2.05) is 0 Å². The van der Waals surface area contributed by atoms with Gasteiger partial charge in [-0.2, -0.15) is 0 Å². The van der Waals surface area contributed by atoms with Crippen molar-refractivity contribution in [2.24, 2.45) is 0 Å². The second kappa shape index (κ2) is 7.29. The number of benzene rings is 1. The molecule has 1 aliphatic carbocycles. The van der Waals surface area contributed by atoms with Gasteiger partial charge in [0.1, 0.15) is 4.90 Å². The fourth-order valence-corrected chi connectivity index (χ4v) is 4.92. The van der Waals surface area contributed by atoms with E-state index in [2.05, 4.69) is 14.7 Å². The highest BCUT2D eigenvalue weighted by atomic mass is 35.5. The molecule has 10 heteroatoms. The molecule has 0 radical (unpaired) electrons. The van der Waals surface area contributed by atoms with E-state index in [0.29, 0.717) is 16.8 Å². The average Bonchev–Trinajstić information content (AvgIpc) is 2.57. The van der Waals surface area contributed by atoms with Crippen molar-refractivity contribution in [3.05, 3.63) is 35.1 Å². The lowest BCUT2D eigenvalue weighted by Crippen LogP contribution is -2.40. The zero-order chi connectivity index (χ0) is 19.8. The Morgan fingerprint density at radius 2 is 1.96 bits per heavy atom. The van der Waals surface area contributed by atoms with Crippen molar-refractivity contribution < 1.29 is 17.2 Å². The van der Waals surface area contributed by atoms with Crippen LogP contribution in [0.4, 0.5) is 14.7 Å². The first-order valence-corrected chi connectivity index (χ1v) is 10.2. The summed E-state index contributed by atoms with van der Waals surface area (Å²) in [6.07, 6.45) is 0.989. The standard InChI is InChI=1S/C17H19ClF2N4O2S/c1-10-13(9-22-16(21)23-10)11-2-3-14(18)15(8-11)27(25,26)24-12-4-6-17(19,20)7-5-12/h2-3,8-9,12,24H,4-7H2,1H3,(H2,21,22,23). The molecule has 1 aliphatic rings. The molecule has 0 aliphatic heterocycles. The van der Waals surface area contributed by atoms with Gasteiger partial charge in [-0.25, -0.2) is 31.9 Å². The summed E-state index contributed by atoms with van der Waals surface area (Å²) in [7, 11) is -3.97. The van der Waals surface area contributed by atoms with Gasteiger partial charge >= 0.3 is 0 Å². The molecule has 0 spiro atoms. The summed E-state index contributed by atoms with van der Waals surface area (Å²) >= 11 is 6.11. The third-order valence-corrected chi connectivity index (χ3v) is 6.57. The fourth-order valence-electron chi connectivity index (χ4n) is 3.09. The first-order chi connectivity index (χ1) is 12.6. The molecule has 1 aromatic carbocycles. The van der Waals surface area contributed by atoms with Crippen LogP contribution in [0.3, 0.4) is 0 Å². The first kappa shape index (κ1) is 19.9. The molecule has 1 fully saturated rings. The summed E-state index contributed by atoms with van der Waals surface area (Å²) in [6.45, 7) is 1.73. The Hall–Kier alpha value is -1.84. The smallest absolute Gasteiger partial charge is 0.248 e. The highest BCUT2D eigenvalue weighted by Crippen LogP contribution is 2.34. The molecule has 1 heterocycles. The van der Waals surface area contributed by atoms with Crippen LogP contribution in [0.1, 0.15) is 31.4 Å². The Balaban J connectivity index is 1.89. The third kappa shape index (κ3) is 4.53. The Labute approximate surface area is 161 Å². The SMILES string of the molecule is Cc1nc(N)ncc1-c1ccc(Cl)c(S(=O)(=O)NC2CCC(F)(F)CC2)c1. The van der Waals surface area contributed by atoms with E-state index in [1.165, 1.54) is 18.3 Å². The fraction of sp³-hybridized carbons (Fsp3) is 0.412. The van der Waals surface area contributed by atoms with Gasteiger partial charge in [-0.3, -0.25) is 0 Å². The number of halogens is 3. The van der Waals surface area contributed by atoms with Crippen molar-refractivity contribution in [3.8, 4) is 11.1 Å². The second-order valence-electron chi connectivity index (χ2n) is 6.62. The molecular weight excluding hydrogens is 398 g/mol. The van der Waals surface area contributed by atoms with Crippen molar-refractivity contribution >= 4 is 27.6 Å². The minimum atomic E-state index is -3.97. The van der Waals surface area contributed by atoms with Crippen LogP contribution in [0.5, 0.6) is 0 Å². The summed E-state index contributed by atoms with van der Waals surface area (Å²) in [4.78, 5) is 7.89. The summed E-state index contributed by atoms with van der Waals surface area (Å²) in [6, 6.07) is 4.00. The molecule has 1 aromatic heterocycles. The minimum Gasteiger partial charge on any atom is -0.368 e. The Bertz CT molecular complexity index is 959. The van der Waals surface area contributed by atoms with Crippen LogP contribution in [-0.4, -0.2) is 30.4 Å². The largest absolute Gasteiger partial charge is 0.368 e. The first-order valence-electron chi connectivity index (χ1n) is 8.37. The van der Waals surface area contributed by atoms with Gasteiger partial charge in [0.05, 0.1) is 10.7 Å². The van der Waals surface area contributed by atoms with Gasteiger partial charge in [0.2, 0.25) is 21.9 Å². The summed E-state index contributed by atoms with van der Waals surface area (Å²) in [5, 5.41) is 0.0430. The lowest BCUT2D eigenvalue weighted by Gasteiger charge is -2.28. The number of nitrogens with zero attached hydrogens (tertiary/aromatic N) is 2. The number of anilines is 1. The zero-order valence-electron chi connectivity index (χ0n) is 14.5. The lowest BCUT2D eigenvalue weighted by atomic mass is 9.93. The second-order valence-corrected chi connectivity index (χ2v) is 8.71. The van der Waals surface area contributed by atoms with Gasteiger partial charge in [0, 0.05) is 30.6 Å². The predicted octanol–water partition coefficient (Wildman–Crippen LogP) is 3.54. The van der Waals surface area contributed by atoms with Crippen LogP contribution >= 0.6 is 11.6 Å². The van der Waals surface area contributed by atoms with Gasteiger partial charge in [-0.1, -0.05) is 17.7 Å². The maximum atomic E-state index is 13.3. The van der Waals surface area contributed by atoms with Crippen LogP contribution in [-0.2, 0) is 10.0 Å². The van der Waals surface area contributed by atoms with Crippen molar-refractivity contribution in [2.75, 3.05) is 5.73 Å². The molecule has 0 unspecified atom stereocenters. The van der Waals surface area contributed by atoms with Gasteiger partial charge in [-0.15, -0.1) is 0 Å². The van der Waals surface area contributed by atoms with E-state index in [-0.39, 0.29) is 41.5 Å². The molecule has 0 amide bonds. The molecule has 3 rings (SSSR count). The number of sulfonamides is 1. The molecule has 0 atom stereocenters. The monoisotopic (exact) mass is 416 g/mol. The van der Waals surface area contributed by atoms with Gasteiger partial charge < -0.3 is 5.73 Å². The number of aromatic nitrogens is 2. The van der Waals surface area contributed by atoms with Crippen molar-refractivity contribution in [1.29, 1.82) is 0 Å². The lowest BCUT2D eigenvalue weighted by molar-refractivity contribution is -0.0387. The van der Waals surface area contributed by atoms with Crippen LogP contribution in [0, 0.1) is 6.92 Å². The van der Waals surface area contributed by atoms with Gasteiger partial charge in [-0.05, 0) is 37.5 Å². The van der Waals surface area contributed by atoms with E-state index < -0.39 is 22.0 Å². The number of nitrogens with two attached hydrogens (primary N) is 1. The predicted molar refractivity (Wildman–Crippen MR) is 99.2 cm³/mol. The van der Waals surface area contributed by atoms with Crippen molar-refractivity contribution in [1.82, 2.24) is 14.7 Å². The number of hydrogen-bond donors (Lipinski definition) is 2. The maximum absolute atomic E-state index is 13.3. The van der Waals surface area contributed by atoms with E-state index in [9.17, 15) is 17.2 Å². The quantitative estimate of drug-likeness (QED) is 0.794. The molecular formula is C17H19ClF2N4O2S. The number of hydrogen-bond acceptors (Lipinski definition) is 5. The van der Waals surface area contributed by atoms with Crippen molar-refractivity contribution in [3.63, 3.8) is 0 Å². The Morgan fingerprint density at radius 1 is 1.30 bits per heavy atom. The van der Waals surface area contributed by atoms with Gasteiger partial charge in [0.15, 0.2) is 0 Å². The van der Waals surface area contributed by atoms with Crippen LogP contribution in [0.25, 0.3) is 11.1 Å². The molecule has 1 saturated carbocycles. The molecule has 6 nitrogen and oxygen atoms in total. The van der Waals surface area contributed by atoms with E-state index in [0.717, 1.165) is 0 Å². The van der Waals surface area contributed by atoms with Crippen molar-refractivity contribution in [2.45, 2.75) is 49.5 Å². The Kier molecular flexibility index (Phi) is 5.38. The number of rotatable bonds is 4. The molecule has 0 bridgehead atoms. The molecule has 2 aromatic rings. The number of nitrogens with one attached hydrogen (secondary N) is 1. The van der Waals surface area contributed by atoms with Crippen LogP contribution in [0.15, 0.2) is 29.3 Å². The van der Waals surface area contributed by atoms with Gasteiger partial charge in [0.25, 0.3) is 0 Å². The molecule has 27 heavy (non-hydrogen) atoms. The summed E-state index contributed by atoms with van der Waals surface area (Å²) < 4.78 is 54.6. The van der Waals surface area contributed by atoms with E-state index in [1.54, 1.807) is 13.0 Å². The average molecular weight is 417 g/mol. The molecule has 3 N–H and O–H groups in total. The number of aryl methyl sites for hydroxylation is 1. The summed E-state index contributed by atoms with van der Waals surface area (Å²) in [5.41, 5.74) is 7.33. The third-order valence-electron chi connectivity index (χ3n) is 4.57. The van der Waals surface area contributed by atoms with E-state index in [4.69, 9.17) is 17.3 Å². The van der Waals surface area contributed by atoms with E-state index >= 15 is 0 Å². The zero-order valence-corrected chi connectivity index (χ0v) is 16.1. The maximum Gasteiger partial charge on any atom is 0.248 e. The van der Waals surface area contributed by atoms with Crippen LogP contribution in [0.2, 0.25) is 5.02 Å². The normalized spacial score (nSPS) is 17.8. The number of alkyl halides is 2. The molecule has 146 valence electrons. The Morgan fingerprint density at radius 3 is 2.59 bits per heavy atom. The number of nitrogen functional groups attached to an aromatic ring is 1. The minimum absolute atomic E-state index is 0.0430. The highest BCUT2D eigenvalue weighted by Gasteiger charge is 2.36. The van der Waals surface area contributed by atoms with Crippen LogP contribution < -0.4 is 10.5 Å². The topological polar surface area (TPSA) is 98.0 Å².